The maximum absolute atomic E-state index is 10.9. The third-order valence-corrected chi connectivity index (χ3v) is 5.01. The van der Waals surface area contributed by atoms with Gasteiger partial charge in [0, 0.05) is 18.8 Å². The molecule has 2 fully saturated rings. The first-order valence-electron chi connectivity index (χ1n) is 7.42. The minimum Gasteiger partial charge on any atom is -0.493 e. The molecule has 1 heterocycles. The quantitative estimate of drug-likeness (QED) is 0.816. The maximum atomic E-state index is 10.9. The Morgan fingerprint density at radius 1 is 1.14 bits per heavy atom. The zero-order valence-corrected chi connectivity index (χ0v) is 12.8. The molecule has 3 rings (SSSR count). The van der Waals surface area contributed by atoms with Crippen LogP contribution in [0.2, 0.25) is 0 Å². The monoisotopic (exact) mass is 311 g/mol. The van der Waals surface area contributed by atoms with Crippen molar-refractivity contribution in [1.29, 1.82) is 0 Å². The van der Waals surface area contributed by atoms with Gasteiger partial charge in [-0.1, -0.05) is 0 Å². The van der Waals surface area contributed by atoms with Gasteiger partial charge in [-0.2, -0.15) is 8.42 Å². The van der Waals surface area contributed by atoms with Crippen molar-refractivity contribution in [2.24, 2.45) is 11.8 Å². The summed E-state index contributed by atoms with van der Waals surface area (Å²) in [6.45, 7) is 2.30. The van der Waals surface area contributed by atoms with E-state index in [2.05, 4.69) is 4.90 Å². The molecule has 1 aliphatic carbocycles. The standard InChI is InChI=1S/C15H21NO4S/c17-21(18,19)11-13-7-8-16(9-13)14-3-5-15(6-4-14)20-10-12-1-2-12/h3-6,12-13H,1-2,7-11H2,(H,17,18,19)/t13-/m0/s1. The highest BCUT2D eigenvalue weighted by Crippen LogP contribution is 2.30. The largest absolute Gasteiger partial charge is 0.493 e. The lowest BCUT2D eigenvalue weighted by molar-refractivity contribution is 0.300. The van der Waals surface area contributed by atoms with E-state index in [1.165, 1.54) is 12.8 Å². The van der Waals surface area contributed by atoms with Crippen LogP contribution in [-0.2, 0) is 10.1 Å². The molecule has 0 bridgehead atoms. The van der Waals surface area contributed by atoms with Crippen LogP contribution in [0.25, 0.3) is 0 Å². The number of nitrogens with zero attached hydrogens (tertiary/aromatic N) is 1. The van der Waals surface area contributed by atoms with Gasteiger partial charge in [0.2, 0.25) is 0 Å². The van der Waals surface area contributed by atoms with Gasteiger partial charge in [0.25, 0.3) is 10.1 Å². The van der Waals surface area contributed by atoms with Crippen LogP contribution in [-0.4, -0.2) is 38.4 Å². The highest BCUT2D eigenvalue weighted by atomic mass is 32.2. The van der Waals surface area contributed by atoms with E-state index in [1.807, 2.05) is 24.3 Å². The number of benzene rings is 1. The second kappa shape index (κ2) is 5.85. The maximum Gasteiger partial charge on any atom is 0.265 e. The molecule has 2 aliphatic rings. The van der Waals surface area contributed by atoms with E-state index in [-0.39, 0.29) is 11.7 Å². The summed E-state index contributed by atoms with van der Waals surface area (Å²) in [7, 11) is -3.88. The highest BCUT2D eigenvalue weighted by Gasteiger charge is 2.26. The van der Waals surface area contributed by atoms with Gasteiger partial charge >= 0.3 is 0 Å². The molecule has 5 nitrogen and oxygen atoms in total. The number of hydrogen-bond donors (Lipinski definition) is 1. The van der Waals surface area contributed by atoms with Gasteiger partial charge in [0.05, 0.1) is 12.4 Å². The molecule has 1 saturated heterocycles. The molecule has 0 radical (unpaired) electrons. The van der Waals surface area contributed by atoms with E-state index < -0.39 is 10.1 Å². The average molecular weight is 311 g/mol. The van der Waals surface area contributed by atoms with Gasteiger partial charge < -0.3 is 9.64 Å². The summed E-state index contributed by atoms with van der Waals surface area (Å²) >= 11 is 0. The van der Waals surface area contributed by atoms with E-state index in [9.17, 15) is 8.42 Å². The summed E-state index contributed by atoms with van der Waals surface area (Å²) in [6.07, 6.45) is 3.35. The molecule has 0 unspecified atom stereocenters. The molecule has 116 valence electrons. The SMILES string of the molecule is O=S(=O)(O)C[C@H]1CCN(c2ccc(OCC3CC3)cc2)C1. The minimum atomic E-state index is -3.88. The fourth-order valence-electron chi connectivity index (χ4n) is 2.75. The van der Waals surface area contributed by atoms with Gasteiger partial charge in [-0.25, -0.2) is 0 Å². The van der Waals surface area contributed by atoms with Crippen molar-refractivity contribution in [3.8, 4) is 5.75 Å². The lowest BCUT2D eigenvalue weighted by Crippen LogP contribution is -2.22. The lowest BCUT2D eigenvalue weighted by atomic mass is 10.2. The Morgan fingerprint density at radius 3 is 2.48 bits per heavy atom. The number of ether oxygens (including phenoxy) is 1. The molecule has 1 saturated carbocycles. The van der Waals surface area contributed by atoms with Gasteiger partial charge in [-0.3, -0.25) is 4.55 Å². The van der Waals surface area contributed by atoms with Gasteiger partial charge in [-0.15, -0.1) is 0 Å². The average Bonchev–Trinajstić information content (AvgIpc) is 3.15. The van der Waals surface area contributed by atoms with Crippen LogP contribution in [0.4, 0.5) is 5.69 Å². The molecule has 0 spiro atoms. The van der Waals surface area contributed by atoms with Crippen LogP contribution in [0.15, 0.2) is 24.3 Å². The molecule has 21 heavy (non-hydrogen) atoms. The summed E-state index contributed by atoms with van der Waals surface area (Å²) < 4.78 is 36.5. The van der Waals surface area contributed by atoms with Crippen LogP contribution < -0.4 is 9.64 Å². The zero-order valence-electron chi connectivity index (χ0n) is 11.9. The molecule has 0 amide bonds. The Morgan fingerprint density at radius 2 is 1.86 bits per heavy atom. The Labute approximate surface area is 125 Å². The van der Waals surface area contributed by atoms with Crippen molar-refractivity contribution >= 4 is 15.8 Å². The Hall–Kier alpha value is -1.27. The Balaban J connectivity index is 1.54. The first-order chi connectivity index (χ1) is 9.99. The van der Waals surface area contributed by atoms with Crippen molar-refractivity contribution in [3.05, 3.63) is 24.3 Å². The van der Waals surface area contributed by atoms with E-state index in [0.29, 0.717) is 6.54 Å². The zero-order chi connectivity index (χ0) is 14.9. The van der Waals surface area contributed by atoms with Crippen LogP contribution in [0.1, 0.15) is 19.3 Å². The lowest BCUT2D eigenvalue weighted by Gasteiger charge is -2.19. The summed E-state index contributed by atoms with van der Waals surface area (Å²) in [5.41, 5.74) is 1.08. The van der Waals surface area contributed by atoms with Crippen molar-refractivity contribution in [1.82, 2.24) is 0 Å². The van der Waals surface area contributed by atoms with Gasteiger partial charge in [-0.05, 0) is 55.4 Å². The Kier molecular flexibility index (Phi) is 4.08. The smallest absolute Gasteiger partial charge is 0.265 e. The number of anilines is 1. The van der Waals surface area contributed by atoms with E-state index >= 15 is 0 Å². The molecular weight excluding hydrogens is 290 g/mol. The molecule has 1 aliphatic heterocycles. The summed E-state index contributed by atoms with van der Waals surface area (Å²) in [6, 6.07) is 7.96. The van der Waals surface area contributed by atoms with E-state index in [4.69, 9.17) is 9.29 Å². The molecule has 1 N–H and O–H groups in total. The first-order valence-corrected chi connectivity index (χ1v) is 9.03. The second-order valence-corrected chi connectivity index (χ2v) is 7.59. The third kappa shape index (κ3) is 4.35. The molecule has 6 heteroatoms. The molecule has 1 atom stereocenters. The number of hydrogen-bond acceptors (Lipinski definition) is 4. The van der Waals surface area contributed by atoms with Crippen LogP contribution >= 0.6 is 0 Å². The van der Waals surface area contributed by atoms with Gasteiger partial charge in [0.1, 0.15) is 5.75 Å². The van der Waals surface area contributed by atoms with Crippen molar-refractivity contribution in [3.63, 3.8) is 0 Å². The van der Waals surface area contributed by atoms with Crippen molar-refractivity contribution in [2.75, 3.05) is 30.3 Å². The second-order valence-electron chi connectivity index (χ2n) is 6.10. The van der Waals surface area contributed by atoms with Crippen LogP contribution in [0.3, 0.4) is 0 Å². The van der Waals surface area contributed by atoms with Crippen LogP contribution in [0, 0.1) is 11.8 Å². The van der Waals surface area contributed by atoms with E-state index in [1.54, 1.807) is 0 Å². The van der Waals surface area contributed by atoms with Gasteiger partial charge in [0.15, 0.2) is 0 Å². The highest BCUT2D eigenvalue weighted by molar-refractivity contribution is 7.85. The van der Waals surface area contributed by atoms with Crippen molar-refractivity contribution in [2.45, 2.75) is 19.3 Å². The molecule has 1 aromatic rings. The third-order valence-electron chi connectivity index (χ3n) is 4.12. The summed E-state index contributed by atoms with van der Waals surface area (Å²) in [5.74, 6) is 1.49. The van der Waals surface area contributed by atoms with Crippen molar-refractivity contribution < 1.29 is 17.7 Å². The normalized spacial score (nSPS) is 22.5. The topological polar surface area (TPSA) is 66.8 Å². The van der Waals surface area contributed by atoms with E-state index in [0.717, 1.165) is 36.9 Å². The fraction of sp³-hybridized carbons (Fsp3) is 0.600. The number of rotatable bonds is 6. The predicted molar refractivity (Wildman–Crippen MR) is 81.4 cm³/mol. The minimum absolute atomic E-state index is 0.00536. The molecular formula is C15H21NO4S. The first kappa shape index (κ1) is 14.7. The van der Waals surface area contributed by atoms with Crippen LogP contribution in [0.5, 0.6) is 5.75 Å². The summed E-state index contributed by atoms with van der Waals surface area (Å²) in [4.78, 5) is 2.15. The summed E-state index contributed by atoms with van der Waals surface area (Å²) in [5, 5.41) is 0. The fourth-order valence-corrected chi connectivity index (χ4v) is 3.62. The molecule has 0 aromatic heterocycles. The predicted octanol–water partition coefficient (Wildman–Crippen LogP) is 2.19. The molecule has 1 aromatic carbocycles. The Bertz CT molecular complexity index is 580.